The Hall–Kier alpha value is -3.41. The van der Waals surface area contributed by atoms with Crippen molar-refractivity contribution in [2.75, 3.05) is 24.3 Å². The Balaban J connectivity index is 1.88. The van der Waals surface area contributed by atoms with E-state index in [1.807, 2.05) is 48.5 Å². The Morgan fingerprint density at radius 3 is 2.39 bits per heavy atom. The van der Waals surface area contributed by atoms with Crippen molar-refractivity contribution in [2.45, 2.75) is 13.8 Å². The van der Waals surface area contributed by atoms with E-state index in [1.165, 1.54) is 7.11 Å². The molecular weight excluding hydrogens is 352 g/mol. The summed E-state index contributed by atoms with van der Waals surface area (Å²) >= 11 is 0. The van der Waals surface area contributed by atoms with E-state index in [1.54, 1.807) is 12.1 Å². The molecule has 0 unspecified atom stereocenters. The van der Waals surface area contributed by atoms with Crippen molar-refractivity contribution in [1.82, 2.24) is 9.97 Å². The number of aromatic nitrogens is 2. The maximum Gasteiger partial charge on any atom is 0.337 e. The molecule has 0 amide bonds. The Kier molecular flexibility index (Phi) is 6.22. The van der Waals surface area contributed by atoms with Crippen LogP contribution in [0.25, 0.3) is 11.3 Å². The maximum absolute atomic E-state index is 11.6. The van der Waals surface area contributed by atoms with Crippen molar-refractivity contribution in [3.63, 3.8) is 0 Å². The minimum absolute atomic E-state index is 0.361. The van der Waals surface area contributed by atoms with Crippen molar-refractivity contribution in [2.24, 2.45) is 5.92 Å². The summed E-state index contributed by atoms with van der Waals surface area (Å²) in [5.41, 5.74) is 3.16. The molecule has 2 N–H and O–H groups in total. The second kappa shape index (κ2) is 8.99. The first-order valence-electron chi connectivity index (χ1n) is 9.19. The molecule has 0 atom stereocenters. The largest absolute Gasteiger partial charge is 0.465 e. The number of carbonyl (C=O) groups is 1. The topological polar surface area (TPSA) is 76.1 Å². The van der Waals surface area contributed by atoms with Crippen molar-refractivity contribution >= 4 is 23.4 Å². The number of nitrogens with one attached hydrogen (secondary N) is 2. The summed E-state index contributed by atoms with van der Waals surface area (Å²) in [4.78, 5) is 20.8. The van der Waals surface area contributed by atoms with Crippen molar-refractivity contribution in [3.8, 4) is 11.3 Å². The molecule has 0 saturated heterocycles. The van der Waals surface area contributed by atoms with Crippen LogP contribution in [0.4, 0.5) is 17.5 Å². The van der Waals surface area contributed by atoms with Crippen LogP contribution < -0.4 is 10.6 Å². The number of carbonyl (C=O) groups excluding carboxylic acids is 1. The number of hydrogen-bond donors (Lipinski definition) is 2. The first-order valence-corrected chi connectivity index (χ1v) is 9.19. The average Bonchev–Trinajstić information content (AvgIpc) is 2.72. The summed E-state index contributed by atoms with van der Waals surface area (Å²) in [6.45, 7) is 5.05. The molecule has 0 saturated carbocycles. The van der Waals surface area contributed by atoms with E-state index < -0.39 is 0 Å². The van der Waals surface area contributed by atoms with E-state index in [9.17, 15) is 4.79 Å². The van der Waals surface area contributed by atoms with Crippen LogP contribution in [0.3, 0.4) is 0 Å². The summed E-state index contributed by atoms with van der Waals surface area (Å²) in [5, 5.41) is 6.57. The van der Waals surface area contributed by atoms with Crippen LogP contribution in [-0.2, 0) is 4.74 Å². The van der Waals surface area contributed by atoms with Crippen LogP contribution in [-0.4, -0.2) is 29.6 Å². The molecule has 6 heteroatoms. The van der Waals surface area contributed by atoms with E-state index in [0.717, 1.165) is 23.5 Å². The van der Waals surface area contributed by atoms with Gasteiger partial charge in [-0.25, -0.2) is 9.78 Å². The molecule has 2 aromatic carbocycles. The van der Waals surface area contributed by atoms with Crippen LogP contribution in [0, 0.1) is 5.92 Å². The third-order valence-electron chi connectivity index (χ3n) is 4.04. The quantitative estimate of drug-likeness (QED) is 0.580. The SMILES string of the molecule is COC(=O)c1ccc(Nc2cc(-c3ccccc3)nc(NCC(C)C)n2)cc1. The lowest BCUT2D eigenvalue weighted by atomic mass is 10.1. The molecule has 6 nitrogen and oxygen atoms in total. The lowest BCUT2D eigenvalue weighted by Gasteiger charge is -2.13. The second-order valence-electron chi connectivity index (χ2n) is 6.80. The molecule has 1 aromatic heterocycles. The highest BCUT2D eigenvalue weighted by Crippen LogP contribution is 2.24. The third kappa shape index (κ3) is 5.07. The van der Waals surface area contributed by atoms with E-state index >= 15 is 0 Å². The van der Waals surface area contributed by atoms with Gasteiger partial charge in [-0.15, -0.1) is 0 Å². The molecule has 0 radical (unpaired) electrons. The van der Waals surface area contributed by atoms with Crippen molar-refractivity contribution in [1.29, 1.82) is 0 Å². The Labute approximate surface area is 165 Å². The molecule has 3 aromatic rings. The number of hydrogen-bond acceptors (Lipinski definition) is 6. The molecule has 3 rings (SSSR count). The number of anilines is 3. The second-order valence-corrected chi connectivity index (χ2v) is 6.80. The van der Waals surface area contributed by atoms with Gasteiger partial charge < -0.3 is 15.4 Å². The van der Waals surface area contributed by atoms with Gasteiger partial charge in [-0.05, 0) is 30.2 Å². The lowest BCUT2D eigenvalue weighted by molar-refractivity contribution is 0.0601. The first kappa shape index (κ1) is 19.4. The highest BCUT2D eigenvalue weighted by molar-refractivity contribution is 5.89. The van der Waals surface area contributed by atoms with Crippen LogP contribution >= 0.6 is 0 Å². The van der Waals surface area contributed by atoms with Crippen molar-refractivity contribution < 1.29 is 9.53 Å². The molecule has 28 heavy (non-hydrogen) atoms. The number of rotatable bonds is 7. The zero-order valence-corrected chi connectivity index (χ0v) is 16.3. The molecule has 144 valence electrons. The molecule has 0 spiro atoms. The van der Waals surface area contributed by atoms with E-state index in [4.69, 9.17) is 4.74 Å². The van der Waals surface area contributed by atoms with E-state index in [2.05, 4.69) is 34.4 Å². The van der Waals surface area contributed by atoms with Gasteiger partial charge in [0.05, 0.1) is 18.4 Å². The zero-order chi connectivity index (χ0) is 19.9. The average molecular weight is 376 g/mol. The minimum atomic E-state index is -0.361. The number of ether oxygens (including phenoxy) is 1. The van der Waals surface area contributed by atoms with Gasteiger partial charge >= 0.3 is 5.97 Å². The zero-order valence-electron chi connectivity index (χ0n) is 16.3. The third-order valence-corrected chi connectivity index (χ3v) is 4.04. The molecule has 1 heterocycles. The predicted molar refractivity (Wildman–Crippen MR) is 112 cm³/mol. The van der Waals surface area contributed by atoms with Crippen LogP contribution in [0.1, 0.15) is 24.2 Å². The van der Waals surface area contributed by atoms with Crippen LogP contribution in [0.2, 0.25) is 0 Å². The predicted octanol–water partition coefficient (Wildman–Crippen LogP) is 4.74. The summed E-state index contributed by atoms with van der Waals surface area (Å²) in [5.74, 6) is 1.36. The van der Waals surface area contributed by atoms with Gasteiger partial charge in [-0.3, -0.25) is 0 Å². The number of nitrogens with zero attached hydrogens (tertiary/aromatic N) is 2. The molecule has 0 bridgehead atoms. The Bertz CT molecular complexity index is 925. The number of methoxy groups -OCH3 is 1. The smallest absolute Gasteiger partial charge is 0.337 e. The van der Waals surface area contributed by atoms with E-state index in [0.29, 0.717) is 23.2 Å². The summed E-state index contributed by atoms with van der Waals surface area (Å²) in [6.07, 6.45) is 0. The summed E-state index contributed by atoms with van der Waals surface area (Å²) in [7, 11) is 1.37. The van der Waals surface area contributed by atoms with Gasteiger partial charge in [0.2, 0.25) is 5.95 Å². The maximum atomic E-state index is 11.6. The molecule has 0 fully saturated rings. The lowest BCUT2D eigenvalue weighted by Crippen LogP contribution is -2.11. The highest BCUT2D eigenvalue weighted by Gasteiger charge is 2.09. The van der Waals surface area contributed by atoms with Gasteiger partial charge in [-0.1, -0.05) is 44.2 Å². The van der Waals surface area contributed by atoms with Gasteiger partial charge in [0.15, 0.2) is 0 Å². The Morgan fingerprint density at radius 2 is 1.75 bits per heavy atom. The van der Waals surface area contributed by atoms with Crippen LogP contribution in [0.15, 0.2) is 60.7 Å². The standard InChI is InChI=1S/C22H24N4O2/c1-15(2)14-23-22-25-19(16-7-5-4-6-8-16)13-20(26-22)24-18-11-9-17(10-12-18)21(27)28-3/h4-13,15H,14H2,1-3H3,(H2,23,24,25,26). The summed E-state index contributed by atoms with van der Waals surface area (Å²) < 4.78 is 4.73. The van der Waals surface area contributed by atoms with Gasteiger partial charge in [0.1, 0.15) is 5.82 Å². The Morgan fingerprint density at radius 1 is 1.04 bits per heavy atom. The van der Waals surface area contributed by atoms with Crippen molar-refractivity contribution in [3.05, 3.63) is 66.2 Å². The fourth-order valence-corrected chi connectivity index (χ4v) is 2.60. The summed E-state index contributed by atoms with van der Waals surface area (Å²) in [6, 6.07) is 18.9. The fraction of sp³-hybridized carbons (Fsp3) is 0.227. The first-order chi connectivity index (χ1) is 13.5. The monoisotopic (exact) mass is 376 g/mol. The van der Waals surface area contributed by atoms with Gasteiger partial charge in [0, 0.05) is 23.9 Å². The molecule has 0 aliphatic heterocycles. The highest BCUT2D eigenvalue weighted by atomic mass is 16.5. The normalized spacial score (nSPS) is 10.6. The number of esters is 1. The molecule has 0 aliphatic carbocycles. The molecule has 0 aliphatic rings. The van der Waals surface area contributed by atoms with Gasteiger partial charge in [-0.2, -0.15) is 4.98 Å². The fourth-order valence-electron chi connectivity index (χ4n) is 2.60. The minimum Gasteiger partial charge on any atom is -0.465 e. The number of benzene rings is 2. The van der Waals surface area contributed by atoms with E-state index in [-0.39, 0.29) is 5.97 Å². The van der Waals surface area contributed by atoms with Gasteiger partial charge in [0.25, 0.3) is 0 Å². The molecular formula is C22H24N4O2. The van der Waals surface area contributed by atoms with Crippen LogP contribution in [0.5, 0.6) is 0 Å².